The molecular formula is C13H17BrFNO2. The van der Waals surface area contributed by atoms with Crippen LogP contribution in [-0.4, -0.2) is 17.6 Å². The summed E-state index contributed by atoms with van der Waals surface area (Å²) in [7, 11) is 0. The number of nitrogens with one attached hydrogen (secondary N) is 1. The van der Waals surface area contributed by atoms with Gasteiger partial charge >= 0.3 is 5.97 Å². The van der Waals surface area contributed by atoms with E-state index in [1.807, 2.05) is 0 Å². The lowest BCUT2D eigenvalue weighted by Crippen LogP contribution is -2.34. The molecule has 0 saturated heterocycles. The Morgan fingerprint density at radius 3 is 2.56 bits per heavy atom. The van der Waals surface area contributed by atoms with Crippen molar-refractivity contribution in [2.45, 2.75) is 39.3 Å². The Morgan fingerprint density at radius 2 is 2.06 bits per heavy atom. The number of rotatable bonds is 3. The van der Waals surface area contributed by atoms with Gasteiger partial charge in [0.25, 0.3) is 0 Å². The predicted molar refractivity (Wildman–Crippen MR) is 73.0 cm³/mol. The van der Waals surface area contributed by atoms with Gasteiger partial charge in [-0.25, -0.2) is 9.18 Å². The number of ether oxygens (including phenoxy) is 1. The van der Waals surface area contributed by atoms with Crippen LogP contribution in [0.4, 0.5) is 10.1 Å². The monoisotopic (exact) mass is 317 g/mol. The summed E-state index contributed by atoms with van der Waals surface area (Å²) in [6.45, 7) is 7.08. The molecule has 0 aliphatic rings. The van der Waals surface area contributed by atoms with Gasteiger partial charge in [0, 0.05) is 5.69 Å². The topological polar surface area (TPSA) is 38.3 Å². The fourth-order valence-corrected chi connectivity index (χ4v) is 1.53. The second-order valence-corrected chi connectivity index (χ2v) is 5.88. The molecule has 0 fully saturated rings. The quantitative estimate of drug-likeness (QED) is 0.863. The van der Waals surface area contributed by atoms with E-state index in [9.17, 15) is 9.18 Å². The van der Waals surface area contributed by atoms with Gasteiger partial charge in [0.2, 0.25) is 0 Å². The molecule has 1 atom stereocenters. The molecule has 0 amide bonds. The van der Waals surface area contributed by atoms with Crippen molar-refractivity contribution in [1.82, 2.24) is 0 Å². The van der Waals surface area contributed by atoms with E-state index in [-0.39, 0.29) is 11.8 Å². The molecule has 0 radical (unpaired) electrons. The van der Waals surface area contributed by atoms with Crippen molar-refractivity contribution in [2.24, 2.45) is 0 Å². The van der Waals surface area contributed by atoms with E-state index in [2.05, 4.69) is 21.2 Å². The number of carbonyl (C=O) groups excluding carboxylic acids is 1. The van der Waals surface area contributed by atoms with E-state index in [1.165, 1.54) is 6.07 Å². The molecule has 0 aliphatic carbocycles. The van der Waals surface area contributed by atoms with Crippen molar-refractivity contribution >= 4 is 27.6 Å². The third kappa shape index (κ3) is 4.64. The molecule has 3 nitrogen and oxygen atoms in total. The van der Waals surface area contributed by atoms with Crippen molar-refractivity contribution in [3.63, 3.8) is 0 Å². The fourth-order valence-electron chi connectivity index (χ4n) is 1.29. The number of benzene rings is 1. The van der Waals surface area contributed by atoms with Gasteiger partial charge in [-0.15, -0.1) is 0 Å². The lowest BCUT2D eigenvalue weighted by atomic mass is 10.2. The highest BCUT2D eigenvalue weighted by molar-refractivity contribution is 9.10. The third-order valence-corrected chi connectivity index (χ3v) is 2.71. The van der Waals surface area contributed by atoms with Gasteiger partial charge in [-0.1, -0.05) is 0 Å². The maximum Gasteiger partial charge on any atom is 0.328 e. The Morgan fingerprint density at radius 1 is 1.44 bits per heavy atom. The van der Waals surface area contributed by atoms with Gasteiger partial charge in [0.1, 0.15) is 17.5 Å². The van der Waals surface area contributed by atoms with Gasteiger partial charge in [-0.05, 0) is 61.8 Å². The van der Waals surface area contributed by atoms with E-state index in [1.54, 1.807) is 39.8 Å². The summed E-state index contributed by atoms with van der Waals surface area (Å²) < 4.78 is 18.9. The first-order chi connectivity index (χ1) is 8.19. The number of hydrogen-bond donors (Lipinski definition) is 1. The van der Waals surface area contributed by atoms with Crippen molar-refractivity contribution in [2.75, 3.05) is 5.32 Å². The third-order valence-electron chi connectivity index (χ3n) is 2.06. The lowest BCUT2D eigenvalue weighted by molar-refractivity contribution is -0.155. The molecule has 0 aromatic heterocycles. The minimum Gasteiger partial charge on any atom is -0.458 e. The van der Waals surface area contributed by atoms with Crippen LogP contribution in [0.25, 0.3) is 0 Å². The first kappa shape index (κ1) is 15.0. The zero-order valence-corrected chi connectivity index (χ0v) is 12.5. The molecule has 1 aromatic rings. The number of hydrogen-bond acceptors (Lipinski definition) is 3. The normalized spacial score (nSPS) is 13.0. The van der Waals surface area contributed by atoms with E-state index < -0.39 is 11.6 Å². The van der Waals surface area contributed by atoms with Crippen LogP contribution in [0.1, 0.15) is 27.7 Å². The summed E-state index contributed by atoms with van der Waals surface area (Å²) in [6, 6.07) is 4.06. The SMILES string of the molecule is CC(Nc1ccc(Br)c(F)c1)C(=O)OC(C)(C)C. The van der Waals surface area contributed by atoms with Crippen LogP contribution in [0, 0.1) is 5.82 Å². The molecule has 0 bridgehead atoms. The van der Waals surface area contributed by atoms with Crippen molar-refractivity contribution in [1.29, 1.82) is 0 Å². The number of esters is 1. The maximum atomic E-state index is 13.3. The second kappa shape index (κ2) is 5.69. The average Bonchev–Trinajstić information content (AvgIpc) is 2.21. The summed E-state index contributed by atoms with van der Waals surface area (Å²) in [6.07, 6.45) is 0. The van der Waals surface area contributed by atoms with E-state index in [4.69, 9.17) is 4.74 Å². The highest BCUT2D eigenvalue weighted by Crippen LogP contribution is 2.20. The van der Waals surface area contributed by atoms with Crippen molar-refractivity contribution in [3.05, 3.63) is 28.5 Å². The smallest absolute Gasteiger partial charge is 0.328 e. The second-order valence-electron chi connectivity index (χ2n) is 5.03. The summed E-state index contributed by atoms with van der Waals surface area (Å²) in [5.74, 6) is -0.748. The molecule has 1 unspecified atom stereocenters. The van der Waals surface area contributed by atoms with Crippen LogP contribution < -0.4 is 5.32 Å². The van der Waals surface area contributed by atoms with Gasteiger partial charge < -0.3 is 10.1 Å². The van der Waals surface area contributed by atoms with Crippen molar-refractivity contribution < 1.29 is 13.9 Å². The molecule has 1 N–H and O–H groups in total. The number of carbonyl (C=O) groups is 1. The van der Waals surface area contributed by atoms with Gasteiger partial charge in [-0.2, -0.15) is 0 Å². The first-order valence-electron chi connectivity index (χ1n) is 5.63. The lowest BCUT2D eigenvalue weighted by Gasteiger charge is -2.23. The fraction of sp³-hybridized carbons (Fsp3) is 0.462. The highest BCUT2D eigenvalue weighted by Gasteiger charge is 2.21. The summed E-state index contributed by atoms with van der Waals surface area (Å²) in [4.78, 5) is 11.7. The zero-order chi connectivity index (χ0) is 13.9. The molecule has 5 heteroatoms. The molecule has 1 rings (SSSR count). The zero-order valence-electron chi connectivity index (χ0n) is 10.9. The Kier molecular flexibility index (Phi) is 4.73. The molecule has 0 saturated carbocycles. The number of halogens is 2. The molecule has 0 spiro atoms. The van der Waals surface area contributed by atoms with Crippen LogP contribution in [0.3, 0.4) is 0 Å². The standard InChI is InChI=1S/C13H17BrFNO2/c1-8(12(17)18-13(2,3)4)16-9-5-6-10(14)11(15)7-9/h5-8,16H,1-4H3. The number of anilines is 1. The van der Waals surface area contributed by atoms with Gasteiger partial charge in [0.05, 0.1) is 4.47 Å². The Labute approximate surface area is 115 Å². The van der Waals surface area contributed by atoms with Crippen LogP contribution in [0.2, 0.25) is 0 Å². The minimum atomic E-state index is -0.537. The summed E-state index contributed by atoms with van der Waals surface area (Å²) in [5, 5.41) is 2.90. The molecule has 0 heterocycles. The molecule has 100 valence electrons. The molecular weight excluding hydrogens is 301 g/mol. The predicted octanol–water partition coefficient (Wildman–Crippen LogP) is 3.73. The van der Waals surface area contributed by atoms with Crippen LogP contribution in [-0.2, 0) is 9.53 Å². The Hall–Kier alpha value is -1.10. The van der Waals surface area contributed by atoms with Crippen LogP contribution in [0.15, 0.2) is 22.7 Å². The van der Waals surface area contributed by atoms with Gasteiger partial charge in [-0.3, -0.25) is 0 Å². The Balaban J connectivity index is 2.66. The van der Waals surface area contributed by atoms with Crippen LogP contribution >= 0.6 is 15.9 Å². The van der Waals surface area contributed by atoms with Crippen LogP contribution in [0.5, 0.6) is 0 Å². The van der Waals surface area contributed by atoms with E-state index in [0.717, 1.165) is 0 Å². The van der Waals surface area contributed by atoms with E-state index in [0.29, 0.717) is 10.2 Å². The molecule has 0 aliphatic heterocycles. The highest BCUT2D eigenvalue weighted by atomic mass is 79.9. The van der Waals surface area contributed by atoms with E-state index >= 15 is 0 Å². The molecule has 18 heavy (non-hydrogen) atoms. The minimum absolute atomic E-state index is 0.370. The van der Waals surface area contributed by atoms with Crippen molar-refractivity contribution in [3.8, 4) is 0 Å². The Bertz CT molecular complexity index is 443. The largest absolute Gasteiger partial charge is 0.458 e. The molecule has 1 aromatic carbocycles. The average molecular weight is 318 g/mol. The first-order valence-corrected chi connectivity index (χ1v) is 6.43. The van der Waals surface area contributed by atoms with Gasteiger partial charge in [0.15, 0.2) is 0 Å². The maximum absolute atomic E-state index is 13.3. The summed E-state index contributed by atoms with van der Waals surface area (Å²) in [5.41, 5.74) is 0.00639. The summed E-state index contributed by atoms with van der Waals surface area (Å²) >= 11 is 3.07.